The fraction of sp³-hybridized carbons (Fsp3) is 0.533. The highest BCUT2D eigenvalue weighted by atomic mass is 32.2. The predicted molar refractivity (Wildman–Crippen MR) is 86.1 cm³/mol. The van der Waals surface area contributed by atoms with Gasteiger partial charge in [-0.15, -0.1) is 0 Å². The Morgan fingerprint density at radius 3 is 2.86 bits per heavy atom. The Balaban J connectivity index is 1.90. The van der Waals surface area contributed by atoms with E-state index in [1.54, 1.807) is 7.05 Å². The number of hydrogen-bond acceptors (Lipinski definition) is 4. The molecule has 21 heavy (non-hydrogen) atoms. The Morgan fingerprint density at radius 1 is 1.43 bits per heavy atom. The van der Waals surface area contributed by atoms with Crippen LogP contribution in [-0.2, 0) is 11.8 Å². The predicted octanol–water partition coefficient (Wildman–Crippen LogP) is 2.66. The van der Waals surface area contributed by atoms with Gasteiger partial charge >= 0.3 is 0 Å². The van der Waals surface area contributed by atoms with Gasteiger partial charge in [-0.05, 0) is 30.7 Å². The van der Waals surface area contributed by atoms with Crippen molar-refractivity contribution in [2.45, 2.75) is 38.0 Å². The number of carbonyl (C=O) groups excluding carboxylic acids is 1. The molecule has 1 aliphatic carbocycles. The van der Waals surface area contributed by atoms with Gasteiger partial charge in [0.25, 0.3) is 5.91 Å². The van der Waals surface area contributed by atoms with Gasteiger partial charge in [0.1, 0.15) is 0 Å². The smallest absolute Gasteiger partial charge is 0.264 e. The second-order valence-electron chi connectivity index (χ2n) is 5.57. The van der Waals surface area contributed by atoms with Crippen LogP contribution in [0.4, 0.5) is 0 Å². The van der Waals surface area contributed by atoms with Gasteiger partial charge in [0, 0.05) is 31.8 Å². The van der Waals surface area contributed by atoms with Crippen LogP contribution in [0.3, 0.4) is 0 Å². The standard InChI is InChI=1S/C15H20N4OS/c1-16-15-17-14(20)12(21-15)8-11-9-19(2)18-13(11)10-6-4-3-5-7-10/h8-10H,3-7H2,1-2H3,(H,16,17,20). The Kier molecular flexibility index (Phi) is 4.14. The summed E-state index contributed by atoms with van der Waals surface area (Å²) < 4.78 is 1.85. The lowest BCUT2D eigenvalue weighted by Gasteiger charge is -2.20. The molecule has 0 radical (unpaired) electrons. The fourth-order valence-electron chi connectivity index (χ4n) is 3.00. The molecule has 1 aromatic rings. The highest BCUT2D eigenvalue weighted by molar-refractivity contribution is 8.18. The van der Waals surface area contributed by atoms with Gasteiger partial charge in [0.05, 0.1) is 10.6 Å². The molecular weight excluding hydrogens is 284 g/mol. The van der Waals surface area contributed by atoms with Crippen LogP contribution in [0.2, 0.25) is 0 Å². The van der Waals surface area contributed by atoms with Crippen LogP contribution in [0.25, 0.3) is 6.08 Å². The summed E-state index contributed by atoms with van der Waals surface area (Å²) in [5, 5.41) is 8.06. The minimum absolute atomic E-state index is 0.0703. The van der Waals surface area contributed by atoms with Gasteiger partial charge in [-0.1, -0.05) is 19.3 Å². The number of aliphatic imine (C=N–C) groups is 1. The van der Waals surface area contributed by atoms with E-state index in [2.05, 4.69) is 15.4 Å². The largest absolute Gasteiger partial charge is 0.301 e. The first kappa shape index (κ1) is 14.4. The number of amidine groups is 1. The van der Waals surface area contributed by atoms with Gasteiger partial charge in [-0.3, -0.25) is 14.5 Å². The first-order valence-electron chi connectivity index (χ1n) is 7.38. The lowest BCUT2D eigenvalue weighted by atomic mass is 9.85. The van der Waals surface area contributed by atoms with Gasteiger partial charge in [0.2, 0.25) is 0 Å². The van der Waals surface area contributed by atoms with Crippen LogP contribution in [-0.4, -0.2) is 27.9 Å². The molecule has 1 aliphatic heterocycles. The third-order valence-electron chi connectivity index (χ3n) is 4.02. The monoisotopic (exact) mass is 304 g/mol. The SMILES string of the molecule is CN=C1NC(=O)C(=Cc2cn(C)nc2C2CCCCC2)S1. The van der Waals surface area contributed by atoms with E-state index in [-0.39, 0.29) is 5.91 Å². The number of nitrogens with zero attached hydrogens (tertiary/aromatic N) is 3. The molecular formula is C15H20N4OS. The van der Waals surface area contributed by atoms with Crippen LogP contribution >= 0.6 is 11.8 Å². The van der Waals surface area contributed by atoms with Crippen LogP contribution in [0.1, 0.15) is 49.3 Å². The highest BCUT2D eigenvalue weighted by Crippen LogP contribution is 2.35. The molecule has 2 heterocycles. The molecule has 6 heteroatoms. The van der Waals surface area contributed by atoms with Crippen molar-refractivity contribution in [3.05, 3.63) is 22.4 Å². The van der Waals surface area contributed by atoms with Gasteiger partial charge in [-0.25, -0.2) is 0 Å². The maximum Gasteiger partial charge on any atom is 0.264 e. The van der Waals surface area contributed by atoms with Crippen molar-refractivity contribution in [1.82, 2.24) is 15.1 Å². The van der Waals surface area contributed by atoms with Crippen LogP contribution in [0.5, 0.6) is 0 Å². The second-order valence-corrected chi connectivity index (χ2v) is 6.60. The minimum Gasteiger partial charge on any atom is -0.301 e. The zero-order valence-corrected chi connectivity index (χ0v) is 13.2. The van der Waals surface area contributed by atoms with E-state index in [0.29, 0.717) is 16.0 Å². The Hall–Kier alpha value is -1.56. The quantitative estimate of drug-likeness (QED) is 0.855. The van der Waals surface area contributed by atoms with Gasteiger partial charge in [-0.2, -0.15) is 5.10 Å². The summed E-state index contributed by atoms with van der Waals surface area (Å²) in [6.45, 7) is 0. The summed E-state index contributed by atoms with van der Waals surface area (Å²) in [6.07, 6.45) is 10.2. The molecule has 0 spiro atoms. The van der Waals surface area contributed by atoms with E-state index in [1.807, 2.05) is 24.0 Å². The molecule has 3 rings (SSSR count). The maximum atomic E-state index is 11.9. The van der Waals surface area contributed by atoms with Crippen molar-refractivity contribution < 1.29 is 4.79 Å². The molecule has 0 aromatic carbocycles. The summed E-state index contributed by atoms with van der Waals surface area (Å²) in [7, 11) is 3.62. The molecule has 1 saturated heterocycles. The molecule has 0 atom stereocenters. The van der Waals surface area contributed by atoms with Crippen LogP contribution in [0.15, 0.2) is 16.1 Å². The van der Waals surface area contributed by atoms with Crippen LogP contribution < -0.4 is 5.32 Å². The van der Waals surface area contributed by atoms with Crippen LogP contribution in [0, 0.1) is 0 Å². The van der Waals surface area contributed by atoms with E-state index in [4.69, 9.17) is 0 Å². The summed E-state index contributed by atoms with van der Waals surface area (Å²) in [4.78, 5) is 16.7. The molecule has 5 nitrogen and oxygen atoms in total. The van der Waals surface area contributed by atoms with E-state index < -0.39 is 0 Å². The number of carbonyl (C=O) groups is 1. The molecule has 1 N–H and O–H groups in total. The van der Waals surface area contributed by atoms with Crippen molar-refractivity contribution in [3.8, 4) is 0 Å². The highest BCUT2D eigenvalue weighted by Gasteiger charge is 2.26. The van der Waals surface area contributed by atoms with Crippen molar-refractivity contribution in [1.29, 1.82) is 0 Å². The van der Waals surface area contributed by atoms with Crippen molar-refractivity contribution in [3.63, 3.8) is 0 Å². The van der Waals surface area contributed by atoms with E-state index in [0.717, 1.165) is 11.3 Å². The Morgan fingerprint density at radius 2 is 2.19 bits per heavy atom. The summed E-state index contributed by atoms with van der Waals surface area (Å²) in [5.41, 5.74) is 2.21. The third-order valence-corrected chi connectivity index (χ3v) is 5.02. The number of aryl methyl sites for hydroxylation is 1. The number of nitrogens with one attached hydrogen (secondary N) is 1. The molecule has 1 amide bonds. The summed E-state index contributed by atoms with van der Waals surface area (Å²) in [6, 6.07) is 0. The topological polar surface area (TPSA) is 59.3 Å². The molecule has 1 aromatic heterocycles. The zero-order chi connectivity index (χ0) is 14.8. The first-order valence-corrected chi connectivity index (χ1v) is 8.20. The Labute approximate surface area is 128 Å². The summed E-state index contributed by atoms with van der Waals surface area (Å²) >= 11 is 1.39. The number of amides is 1. The van der Waals surface area contributed by atoms with Crippen molar-refractivity contribution >= 4 is 28.9 Å². The summed E-state index contributed by atoms with van der Waals surface area (Å²) in [5.74, 6) is 0.458. The average molecular weight is 304 g/mol. The van der Waals surface area contributed by atoms with E-state index in [9.17, 15) is 4.79 Å². The van der Waals surface area contributed by atoms with Gasteiger partial charge in [0.15, 0.2) is 5.17 Å². The maximum absolute atomic E-state index is 11.9. The average Bonchev–Trinajstić information content (AvgIpc) is 3.03. The zero-order valence-electron chi connectivity index (χ0n) is 12.4. The molecule has 112 valence electrons. The van der Waals surface area contributed by atoms with E-state index in [1.165, 1.54) is 43.9 Å². The first-order chi connectivity index (χ1) is 10.2. The van der Waals surface area contributed by atoms with Crippen molar-refractivity contribution in [2.75, 3.05) is 7.05 Å². The lowest BCUT2D eigenvalue weighted by Crippen LogP contribution is -2.19. The fourth-order valence-corrected chi connectivity index (χ4v) is 3.77. The van der Waals surface area contributed by atoms with Crippen molar-refractivity contribution in [2.24, 2.45) is 12.0 Å². The molecule has 2 aliphatic rings. The number of thioether (sulfide) groups is 1. The lowest BCUT2D eigenvalue weighted by molar-refractivity contribution is -0.115. The second kappa shape index (κ2) is 6.05. The number of hydrogen-bond donors (Lipinski definition) is 1. The third kappa shape index (κ3) is 3.05. The Bertz CT molecular complexity index is 611. The molecule has 0 unspecified atom stereocenters. The molecule has 2 fully saturated rings. The molecule has 0 bridgehead atoms. The minimum atomic E-state index is -0.0703. The number of rotatable bonds is 2. The number of aromatic nitrogens is 2. The van der Waals surface area contributed by atoms with Gasteiger partial charge < -0.3 is 5.32 Å². The van der Waals surface area contributed by atoms with E-state index >= 15 is 0 Å². The normalized spacial score (nSPS) is 24.0. The molecule has 1 saturated carbocycles.